The van der Waals surface area contributed by atoms with Gasteiger partial charge in [-0.15, -0.1) is 0 Å². The van der Waals surface area contributed by atoms with Crippen LogP contribution in [0.2, 0.25) is 0 Å². The van der Waals surface area contributed by atoms with E-state index in [-0.39, 0.29) is 5.54 Å². The highest BCUT2D eigenvalue weighted by Gasteiger charge is 2.36. The van der Waals surface area contributed by atoms with Crippen LogP contribution in [-0.4, -0.2) is 43.3 Å². The van der Waals surface area contributed by atoms with Gasteiger partial charge in [0.2, 0.25) is 0 Å². The Labute approximate surface area is 108 Å². The zero-order chi connectivity index (χ0) is 13.5. The molecule has 0 heterocycles. The summed E-state index contributed by atoms with van der Waals surface area (Å²) in [6, 6.07) is 0.598. The summed E-state index contributed by atoms with van der Waals surface area (Å²) in [5, 5.41) is 0. The van der Waals surface area contributed by atoms with Crippen molar-refractivity contribution >= 4 is 0 Å². The largest absolute Gasteiger partial charge is 0.383 e. The van der Waals surface area contributed by atoms with E-state index in [9.17, 15) is 0 Å². The van der Waals surface area contributed by atoms with Gasteiger partial charge in [-0.05, 0) is 25.7 Å². The van der Waals surface area contributed by atoms with Crippen molar-refractivity contribution in [2.45, 2.75) is 59.0 Å². The van der Waals surface area contributed by atoms with E-state index in [4.69, 9.17) is 10.5 Å². The first-order valence-corrected chi connectivity index (χ1v) is 6.93. The maximum absolute atomic E-state index is 6.05. The molecule has 3 heteroatoms. The second-order valence-electron chi connectivity index (χ2n) is 5.37. The summed E-state index contributed by atoms with van der Waals surface area (Å²) in [7, 11) is 1.76. The molecule has 104 valence electrons. The first kappa shape index (κ1) is 16.9. The van der Waals surface area contributed by atoms with Crippen molar-refractivity contribution in [3.05, 3.63) is 0 Å². The SMILES string of the molecule is CCC(CC)N(CCOC)C(C)(CN)C(C)C. The summed E-state index contributed by atoms with van der Waals surface area (Å²) in [6.45, 7) is 13.8. The van der Waals surface area contributed by atoms with Crippen molar-refractivity contribution in [1.29, 1.82) is 0 Å². The van der Waals surface area contributed by atoms with Crippen LogP contribution in [0.1, 0.15) is 47.5 Å². The quantitative estimate of drug-likeness (QED) is 0.677. The lowest BCUT2D eigenvalue weighted by Crippen LogP contribution is -2.59. The van der Waals surface area contributed by atoms with E-state index in [0.717, 1.165) is 13.2 Å². The summed E-state index contributed by atoms with van der Waals surface area (Å²) in [6.07, 6.45) is 2.34. The van der Waals surface area contributed by atoms with E-state index in [2.05, 4.69) is 39.5 Å². The van der Waals surface area contributed by atoms with Gasteiger partial charge in [0.1, 0.15) is 0 Å². The maximum atomic E-state index is 6.05. The van der Waals surface area contributed by atoms with Crippen molar-refractivity contribution in [3.8, 4) is 0 Å². The molecule has 0 radical (unpaired) electrons. The third kappa shape index (κ3) is 4.23. The molecule has 0 saturated carbocycles. The Bertz CT molecular complexity index is 193. The molecule has 1 unspecified atom stereocenters. The number of nitrogens with two attached hydrogens (primary N) is 1. The second-order valence-corrected chi connectivity index (χ2v) is 5.37. The van der Waals surface area contributed by atoms with Gasteiger partial charge < -0.3 is 10.5 Å². The topological polar surface area (TPSA) is 38.5 Å². The highest BCUT2D eigenvalue weighted by Crippen LogP contribution is 2.27. The fourth-order valence-corrected chi connectivity index (χ4v) is 2.46. The minimum atomic E-state index is 0.0647. The molecule has 17 heavy (non-hydrogen) atoms. The molecular formula is C14H32N2O. The Kier molecular flexibility index (Phi) is 8.01. The van der Waals surface area contributed by atoms with Crippen LogP contribution in [0.25, 0.3) is 0 Å². The molecule has 0 aliphatic carbocycles. The molecule has 3 nitrogen and oxygen atoms in total. The van der Waals surface area contributed by atoms with E-state index in [1.807, 2.05) is 0 Å². The van der Waals surface area contributed by atoms with E-state index in [1.165, 1.54) is 12.8 Å². The van der Waals surface area contributed by atoms with Crippen LogP contribution in [0, 0.1) is 5.92 Å². The van der Waals surface area contributed by atoms with E-state index in [0.29, 0.717) is 18.5 Å². The van der Waals surface area contributed by atoms with Crippen LogP contribution in [0.3, 0.4) is 0 Å². The average molecular weight is 244 g/mol. The summed E-state index contributed by atoms with van der Waals surface area (Å²) < 4.78 is 5.25. The van der Waals surface area contributed by atoms with Crippen molar-refractivity contribution in [2.24, 2.45) is 11.7 Å². The number of ether oxygens (including phenoxy) is 1. The summed E-state index contributed by atoms with van der Waals surface area (Å²) >= 11 is 0. The second kappa shape index (κ2) is 8.06. The Morgan fingerprint density at radius 3 is 2.06 bits per heavy atom. The molecule has 2 N–H and O–H groups in total. The average Bonchev–Trinajstić information content (AvgIpc) is 2.33. The van der Waals surface area contributed by atoms with Crippen LogP contribution in [-0.2, 0) is 4.74 Å². The lowest BCUT2D eigenvalue weighted by molar-refractivity contribution is 0.00296. The minimum absolute atomic E-state index is 0.0647. The Morgan fingerprint density at radius 1 is 1.24 bits per heavy atom. The summed E-state index contributed by atoms with van der Waals surface area (Å²) in [5.41, 5.74) is 6.11. The monoisotopic (exact) mass is 244 g/mol. The summed E-state index contributed by atoms with van der Waals surface area (Å²) in [4.78, 5) is 2.56. The van der Waals surface area contributed by atoms with Gasteiger partial charge in [0.05, 0.1) is 6.61 Å². The smallest absolute Gasteiger partial charge is 0.0590 e. The van der Waals surface area contributed by atoms with Crippen LogP contribution >= 0.6 is 0 Å². The molecule has 0 aromatic heterocycles. The van der Waals surface area contributed by atoms with Crippen LogP contribution in [0.5, 0.6) is 0 Å². The zero-order valence-electron chi connectivity index (χ0n) is 12.6. The highest BCUT2D eigenvalue weighted by atomic mass is 16.5. The van der Waals surface area contributed by atoms with Gasteiger partial charge in [0, 0.05) is 31.8 Å². The molecule has 0 aliphatic rings. The highest BCUT2D eigenvalue weighted by molar-refractivity contribution is 4.93. The van der Waals surface area contributed by atoms with Gasteiger partial charge in [0.25, 0.3) is 0 Å². The van der Waals surface area contributed by atoms with Gasteiger partial charge in [-0.1, -0.05) is 27.7 Å². The summed E-state index contributed by atoms with van der Waals surface area (Å²) in [5.74, 6) is 0.546. The maximum Gasteiger partial charge on any atom is 0.0590 e. The standard InChI is InChI=1S/C14H32N2O/c1-7-13(8-2)16(9-10-17-6)14(5,11-15)12(3)4/h12-13H,7-11,15H2,1-6H3. The lowest BCUT2D eigenvalue weighted by Gasteiger charge is -2.48. The van der Waals surface area contributed by atoms with Crippen molar-refractivity contribution in [2.75, 3.05) is 26.8 Å². The normalized spacial score (nSPS) is 15.9. The molecule has 0 rings (SSSR count). The molecule has 0 aromatic carbocycles. The molecule has 0 aliphatic heterocycles. The zero-order valence-corrected chi connectivity index (χ0v) is 12.6. The van der Waals surface area contributed by atoms with Crippen LogP contribution < -0.4 is 5.73 Å². The van der Waals surface area contributed by atoms with E-state index < -0.39 is 0 Å². The molecule has 0 amide bonds. The molecule has 0 aromatic rings. The Hall–Kier alpha value is -0.120. The predicted molar refractivity (Wildman–Crippen MR) is 75.2 cm³/mol. The van der Waals surface area contributed by atoms with Gasteiger partial charge in [-0.2, -0.15) is 0 Å². The number of nitrogens with zero attached hydrogens (tertiary/aromatic N) is 1. The van der Waals surface area contributed by atoms with E-state index in [1.54, 1.807) is 7.11 Å². The van der Waals surface area contributed by atoms with Crippen molar-refractivity contribution in [3.63, 3.8) is 0 Å². The van der Waals surface area contributed by atoms with Gasteiger partial charge >= 0.3 is 0 Å². The fraction of sp³-hybridized carbons (Fsp3) is 1.00. The third-order valence-electron chi connectivity index (χ3n) is 4.23. The molecule has 0 fully saturated rings. The molecule has 0 saturated heterocycles. The number of hydrogen-bond donors (Lipinski definition) is 1. The minimum Gasteiger partial charge on any atom is -0.383 e. The van der Waals surface area contributed by atoms with Gasteiger partial charge in [0.15, 0.2) is 0 Å². The third-order valence-corrected chi connectivity index (χ3v) is 4.23. The van der Waals surface area contributed by atoms with Gasteiger partial charge in [-0.25, -0.2) is 0 Å². The van der Waals surface area contributed by atoms with E-state index >= 15 is 0 Å². The molecule has 0 spiro atoms. The number of methoxy groups -OCH3 is 1. The Balaban J connectivity index is 4.97. The Morgan fingerprint density at radius 2 is 1.76 bits per heavy atom. The predicted octanol–water partition coefficient (Wildman–Crippen LogP) is 2.50. The van der Waals surface area contributed by atoms with Crippen molar-refractivity contribution < 1.29 is 4.74 Å². The van der Waals surface area contributed by atoms with Gasteiger partial charge in [-0.3, -0.25) is 4.90 Å². The van der Waals surface area contributed by atoms with Crippen molar-refractivity contribution in [1.82, 2.24) is 4.90 Å². The molecule has 0 bridgehead atoms. The number of rotatable bonds is 9. The first-order chi connectivity index (χ1) is 7.97. The lowest BCUT2D eigenvalue weighted by atomic mass is 9.84. The fourth-order valence-electron chi connectivity index (χ4n) is 2.46. The molecular weight excluding hydrogens is 212 g/mol. The van der Waals surface area contributed by atoms with Crippen LogP contribution in [0.15, 0.2) is 0 Å². The van der Waals surface area contributed by atoms with Crippen LogP contribution in [0.4, 0.5) is 0 Å². The molecule has 1 atom stereocenters. The first-order valence-electron chi connectivity index (χ1n) is 6.93. The number of hydrogen-bond acceptors (Lipinski definition) is 3.